The summed E-state index contributed by atoms with van der Waals surface area (Å²) in [4.78, 5) is 0. The number of rotatable bonds is 2. The van der Waals surface area contributed by atoms with Crippen LogP contribution in [0, 0.1) is 0 Å². The van der Waals surface area contributed by atoms with Gasteiger partial charge in [0.05, 0.1) is 16.7 Å². The van der Waals surface area contributed by atoms with Gasteiger partial charge in [-0.25, -0.2) is 4.21 Å². The minimum Gasteiger partial charge on any atom is -0.252 e. The van der Waals surface area contributed by atoms with Crippen molar-refractivity contribution < 1.29 is 4.21 Å². The van der Waals surface area contributed by atoms with Gasteiger partial charge in [-0.2, -0.15) is 0 Å². The first kappa shape index (κ1) is 8.90. The molecule has 0 bridgehead atoms. The van der Waals surface area contributed by atoms with Crippen LogP contribution in [0.15, 0.2) is 28.7 Å². The zero-order chi connectivity index (χ0) is 8.27. The summed E-state index contributed by atoms with van der Waals surface area (Å²) in [7, 11) is -1.25. The lowest BCUT2D eigenvalue weighted by molar-refractivity contribution is 0.684. The smallest absolute Gasteiger partial charge is 0.0933 e. The first-order chi connectivity index (χ1) is 5.18. The number of benzene rings is 1. The predicted molar refractivity (Wildman–Crippen MR) is 50.2 cm³/mol. The van der Waals surface area contributed by atoms with Gasteiger partial charge in [0.15, 0.2) is 0 Å². The van der Waals surface area contributed by atoms with E-state index in [9.17, 15) is 4.21 Å². The van der Waals surface area contributed by atoms with E-state index < -0.39 is 11.0 Å². The maximum Gasteiger partial charge on any atom is 0.0933 e. The molecule has 0 radical (unpaired) electrons. The summed E-state index contributed by atoms with van der Waals surface area (Å²) in [6.45, 7) is 0. The average molecular weight is 234 g/mol. The Morgan fingerprint density at radius 3 is 2.82 bits per heavy atom. The summed E-state index contributed by atoms with van der Waals surface area (Å²) in [6, 6.07) is 7.62. The highest BCUT2D eigenvalue weighted by Gasteiger charge is 1.95. The molecule has 0 saturated carbocycles. The van der Waals surface area contributed by atoms with E-state index in [-0.39, 0.29) is 0 Å². The Morgan fingerprint density at radius 1 is 1.55 bits per heavy atom. The third-order valence-electron chi connectivity index (χ3n) is 1.20. The fourth-order valence-corrected chi connectivity index (χ4v) is 1.75. The third kappa shape index (κ3) is 3.14. The van der Waals surface area contributed by atoms with Gasteiger partial charge in [0.2, 0.25) is 0 Å². The Balaban J connectivity index is 2.79. The molecule has 0 unspecified atom stereocenters. The molecular weight excluding hydrogens is 226 g/mol. The fourth-order valence-electron chi connectivity index (χ4n) is 0.791. The molecule has 4 heteroatoms. The normalized spacial score (nSPS) is 12.9. The molecule has 1 aromatic rings. The van der Waals surface area contributed by atoms with E-state index >= 15 is 0 Å². The minimum absolute atomic E-state index is 0.416. The van der Waals surface area contributed by atoms with Gasteiger partial charge in [0.25, 0.3) is 0 Å². The molecule has 2 N–H and O–H groups in total. The fraction of sp³-hybridized carbons (Fsp3) is 0.143. The number of hydrogen-bond donors (Lipinski definition) is 1. The van der Waals surface area contributed by atoms with Crippen molar-refractivity contribution in [3.63, 3.8) is 0 Å². The van der Waals surface area contributed by atoms with Crippen LogP contribution in [-0.4, -0.2) is 4.21 Å². The highest BCUT2D eigenvalue weighted by molar-refractivity contribution is 9.10. The van der Waals surface area contributed by atoms with Crippen molar-refractivity contribution in [1.82, 2.24) is 0 Å². The molecule has 0 amide bonds. The van der Waals surface area contributed by atoms with Crippen LogP contribution in [0.4, 0.5) is 0 Å². The monoisotopic (exact) mass is 233 g/mol. The van der Waals surface area contributed by atoms with Gasteiger partial charge < -0.3 is 0 Å². The van der Waals surface area contributed by atoms with Crippen LogP contribution >= 0.6 is 15.9 Å². The molecular formula is C7H8BrNOS. The second-order valence-electron chi connectivity index (χ2n) is 2.16. The van der Waals surface area contributed by atoms with Gasteiger partial charge >= 0.3 is 0 Å². The zero-order valence-electron chi connectivity index (χ0n) is 5.79. The average Bonchev–Trinajstić information content (AvgIpc) is 1.85. The summed E-state index contributed by atoms with van der Waals surface area (Å²) in [5.74, 6) is 0.416. The predicted octanol–water partition coefficient (Wildman–Crippen LogP) is 1.57. The van der Waals surface area contributed by atoms with Crippen LogP contribution in [0.1, 0.15) is 5.56 Å². The Hall–Kier alpha value is -0.190. The molecule has 1 atom stereocenters. The Kier molecular flexibility index (Phi) is 3.23. The van der Waals surface area contributed by atoms with E-state index in [1.54, 1.807) is 0 Å². The van der Waals surface area contributed by atoms with E-state index in [2.05, 4.69) is 15.9 Å². The van der Waals surface area contributed by atoms with Gasteiger partial charge in [-0.15, -0.1) is 0 Å². The van der Waals surface area contributed by atoms with Crippen molar-refractivity contribution in [3.05, 3.63) is 34.3 Å². The number of halogens is 1. The first-order valence-corrected chi connectivity index (χ1v) is 5.23. The van der Waals surface area contributed by atoms with Gasteiger partial charge in [-0.3, -0.25) is 5.14 Å². The van der Waals surface area contributed by atoms with Crippen molar-refractivity contribution in [1.29, 1.82) is 0 Å². The lowest BCUT2D eigenvalue weighted by Gasteiger charge is -1.97. The van der Waals surface area contributed by atoms with Crippen LogP contribution in [0.5, 0.6) is 0 Å². The molecule has 1 aromatic carbocycles. The Morgan fingerprint density at radius 2 is 2.27 bits per heavy atom. The van der Waals surface area contributed by atoms with E-state index in [0.717, 1.165) is 10.0 Å². The highest BCUT2D eigenvalue weighted by Crippen LogP contribution is 2.12. The second kappa shape index (κ2) is 3.99. The van der Waals surface area contributed by atoms with Crippen LogP contribution in [0.3, 0.4) is 0 Å². The SMILES string of the molecule is N[S@](=O)Cc1cccc(Br)c1. The molecule has 0 spiro atoms. The summed E-state index contributed by atoms with van der Waals surface area (Å²) in [5.41, 5.74) is 0.986. The van der Waals surface area contributed by atoms with Crippen molar-refractivity contribution in [2.45, 2.75) is 5.75 Å². The van der Waals surface area contributed by atoms with Crippen molar-refractivity contribution in [2.24, 2.45) is 5.14 Å². The van der Waals surface area contributed by atoms with E-state index in [1.807, 2.05) is 24.3 Å². The molecule has 0 saturated heterocycles. The maximum absolute atomic E-state index is 10.6. The minimum atomic E-state index is -1.25. The first-order valence-electron chi connectivity index (χ1n) is 3.05. The van der Waals surface area contributed by atoms with E-state index in [4.69, 9.17) is 5.14 Å². The Labute approximate surface area is 76.5 Å². The summed E-state index contributed by atoms with van der Waals surface area (Å²) in [6.07, 6.45) is 0. The lowest BCUT2D eigenvalue weighted by Crippen LogP contribution is -2.04. The maximum atomic E-state index is 10.6. The quantitative estimate of drug-likeness (QED) is 0.829. The summed E-state index contributed by atoms with van der Waals surface area (Å²) in [5, 5.41) is 5.13. The van der Waals surface area contributed by atoms with Crippen molar-refractivity contribution in [3.8, 4) is 0 Å². The summed E-state index contributed by atoms with van der Waals surface area (Å²) >= 11 is 3.31. The molecule has 0 aliphatic heterocycles. The largest absolute Gasteiger partial charge is 0.252 e. The van der Waals surface area contributed by atoms with Crippen LogP contribution in [0.25, 0.3) is 0 Å². The standard InChI is InChI=1S/C7H8BrNOS/c8-7-3-1-2-6(4-7)5-11(9)10/h1-4H,5,9H2/t11-/m1/s1. The molecule has 11 heavy (non-hydrogen) atoms. The van der Waals surface area contributed by atoms with Crippen molar-refractivity contribution in [2.75, 3.05) is 0 Å². The van der Waals surface area contributed by atoms with Crippen LogP contribution in [-0.2, 0) is 16.7 Å². The van der Waals surface area contributed by atoms with E-state index in [0.29, 0.717) is 5.75 Å². The topological polar surface area (TPSA) is 43.1 Å². The van der Waals surface area contributed by atoms with E-state index in [1.165, 1.54) is 0 Å². The molecule has 0 fully saturated rings. The lowest BCUT2D eigenvalue weighted by atomic mass is 10.2. The van der Waals surface area contributed by atoms with Gasteiger partial charge in [-0.1, -0.05) is 28.1 Å². The molecule has 0 aliphatic carbocycles. The van der Waals surface area contributed by atoms with Gasteiger partial charge in [-0.05, 0) is 17.7 Å². The molecule has 0 heterocycles. The third-order valence-corrected chi connectivity index (χ3v) is 2.31. The summed E-state index contributed by atoms with van der Waals surface area (Å²) < 4.78 is 11.6. The highest BCUT2D eigenvalue weighted by atomic mass is 79.9. The van der Waals surface area contributed by atoms with Gasteiger partial charge in [0, 0.05) is 4.47 Å². The zero-order valence-corrected chi connectivity index (χ0v) is 8.19. The molecule has 1 rings (SSSR count). The number of hydrogen-bond acceptors (Lipinski definition) is 1. The van der Waals surface area contributed by atoms with Crippen LogP contribution < -0.4 is 5.14 Å². The number of nitrogens with two attached hydrogens (primary N) is 1. The van der Waals surface area contributed by atoms with Crippen molar-refractivity contribution >= 4 is 26.9 Å². The molecule has 0 aromatic heterocycles. The Bertz CT molecular complexity index is 277. The molecule has 60 valence electrons. The molecule has 0 aliphatic rings. The van der Waals surface area contributed by atoms with Gasteiger partial charge in [0.1, 0.15) is 0 Å². The molecule has 2 nitrogen and oxygen atoms in total. The second-order valence-corrected chi connectivity index (χ2v) is 4.12. The van der Waals surface area contributed by atoms with Crippen LogP contribution in [0.2, 0.25) is 0 Å².